The van der Waals surface area contributed by atoms with Gasteiger partial charge < -0.3 is 15.3 Å². The summed E-state index contributed by atoms with van der Waals surface area (Å²) in [5, 5.41) is 20.6. The van der Waals surface area contributed by atoms with Crippen LogP contribution in [0.3, 0.4) is 0 Å². The van der Waals surface area contributed by atoms with Crippen molar-refractivity contribution in [2.24, 2.45) is 5.16 Å². The van der Waals surface area contributed by atoms with Crippen LogP contribution in [-0.4, -0.2) is 36.5 Å². The maximum Gasteiger partial charge on any atom is 0.304 e. The summed E-state index contributed by atoms with van der Waals surface area (Å²) in [5.74, 6) is 0.337. The van der Waals surface area contributed by atoms with Gasteiger partial charge in [0.1, 0.15) is 12.1 Å². The number of aliphatic hydroxyl groups excluding tert-OH is 1. The second-order valence-electron chi connectivity index (χ2n) is 9.19. The SMILES string of the molecule is CCCc1c(Cc2ccc(-c3ccccc3C3=NOC(O)N3)cc2F)c(=O)n(-c2ccccc2)c2ncnn12. The number of fused-ring (bicyclic) bond motifs is 1. The number of aliphatic hydroxyl groups is 1. The Labute approximate surface area is 222 Å². The lowest BCUT2D eigenvalue weighted by atomic mass is 9.95. The van der Waals surface area contributed by atoms with Gasteiger partial charge in [0.05, 0.1) is 11.4 Å². The molecule has 0 saturated carbocycles. The number of rotatable bonds is 7. The molecule has 0 radical (unpaired) electrons. The van der Waals surface area contributed by atoms with E-state index in [1.807, 2.05) is 67.6 Å². The molecule has 10 heteroatoms. The van der Waals surface area contributed by atoms with Crippen LogP contribution in [0.5, 0.6) is 0 Å². The minimum Gasteiger partial charge on any atom is -0.340 e. The van der Waals surface area contributed by atoms with Gasteiger partial charge in [-0.05, 0) is 41.3 Å². The summed E-state index contributed by atoms with van der Waals surface area (Å²) in [7, 11) is 0. The van der Waals surface area contributed by atoms with Crippen molar-refractivity contribution in [3.8, 4) is 16.8 Å². The number of oxime groups is 1. The van der Waals surface area contributed by atoms with Crippen LogP contribution in [0, 0.1) is 5.82 Å². The molecule has 1 aliphatic heterocycles. The molecule has 39 heavy (non-hydrogen) atoms. The third-order valence-electron chi connectivity index (χ3n) is 6.71. The van der Waals surface area contributed by atoms with Crippen LogP contribution < -0.4 is 10.9 Å². The monoisotopic (exact) mass is 524 g/mol. The van der Waals surface area contributed by atoms with Crippen molar-refractivity contribution in [2.75, 3.05) is 0 Å². The average Bonchev–Trinajstić information content (AvgIpc) is 3.61. The number of aromatic nitrogens is 4. The van der Waals surface area contributed by atoms with Gasteiger partial charge in [0.15, 0.2) is 5.84 Å². The summed E-state index contributed by atoms with van der Waals surface area (Å²) in [6.45, 7) is 2.02. The van der Waals surface area contributed by atoms with Gasteiger partial charge in [0.2, 0.25) is 5.78 Å². The Morgan fingerprint density at radius 2 is 1.82 bits per heavy atom. The zero-order chi connectivity index (χ0) is 26.9. The molecule has 3 aromatic carbocycles. The first-order valence-corrected chi connectivity index (χ1v) is 12.6. The summed E-state index contributed by atoms with van der Waals surface area (Å²) in [6.07, 6.45) is 1.67. The number of amidine groups is 1. The van der Waals surface area contributed by atoms with E-state index >= 15 is 4.39 Å². The maximum absolute atomic E-state index is 15.7. The number of nitrogens with zero attached hydrogens (tertiary/aromatic N) is 5. The summed E-state index contributed by atoms with van der Waals surface area (Å²) in [5.41, 5.74) is 4.00. The molecule has 1 unspecified atom stereocenters. The van der Waals surface area contributed by atoms with Crippen LogP contribution in [0.2, 0.25) is 0 Å². The van der Waals surface area contributed by atoms with Crippen LogP contribution in [0.4, 0.5) is 4.39 Å². The quantitative estimate of drug-likeness (QED) is 0.336. The van der Waals surface area contributed by atoms with Gasteiger partial charge in [-0.3, -0.25) is 4.79 Å². The van der Waals surface area contributed by atoms with E-state index in [1.165, 1.54) is 17.0 Å². The summed E-state index contributed by atoms with van der Waals surface area (Å²) in [6, 6.07) is 21.5. The van der Waals surface area contributed by atoms with E-state index in [2.05, 4.69) is 20.6 Å². The molecule has 196 valence electrons. The minimum absolute atomic E-state index is 0.0961. The van der Waals surface area contributed by atoms with Crippen LogP contribution in [0.15, 0.2) is 89.1 Å². The maximum atomic E-state index is 15.7. The molecule has 0 saturated heterocycles. The Kier molecular flexibility index (Phi) is 6.37. The zero-order valence-corrected chi connectivity index (χ0v) is 21.1. The summed E-state index contributed by atoms with van der Waals surface area (Å²) in [4.78, 5) is 23.1. The largest absolute Gasteiger partial charge is 0.340 e. The molecule has 3 heterocycles. The Bertz CT molecular complexity index is 1760. The molecular weight excluding hydrogens is 499 g/mol. The summed E-state index contributed by atoms with van der Waals surface area (Å²) >= 11 is 0. The van der Waals surface area contributed by atoms with E-state index in [9.17, 15) is 9.90 Å². The van der Waals surface area contributed by atoms with Crippen molar-refractivity contribution in [3.63, 3.8) is 0 Å². The highest BCUT2D eigenvalue weighted by Crippen LogP contribution is 2.28. The van der Waals surface area contributed by atoms with Crippen LogP contribution in [0.25, 0.3) is 22.6 Å². The van der Waals surface area contributed by atoms with E-state index in [0.717, 1.165) is 12.1 Å². The molecule has 0 amide bonds. The van der Waals surface area contributed by atoms with Gasteiger partial charge in [0.25, 0.3) is 5.56 Å². The average molecular weight is 525 g/mol. The molecule has 1 aliphatic rings. The smallest absolute Gasteiger partial charge is 0.304 e. The predicted octanol–water partition coefficient (Wildman–Crippen LogP) is 3.79. The Balaban J connectivity index is 1.43. The normalized spacial score (nSPS) is 14.7. The highest BCUT2D eigenvalue weighted by molar-refractivity contribution is 6.04. The van der Waals surface area contributed by atoms with Gasteiger partial charge in [0, 0.05) is 17.5 Å². The lowest BCUT2D eigenvalue weighted by Gasteiger charge is -2.16. The molecule has 0 spiro atoms. The van der Waals surface area contributed by atoms with Gasteiger partial charge >= 0.3 is 6.41 Å². The molecule has 2 aromatic heterocycles. The molecule has 0 fully saturated rings. The standard InChI is InChI=1S/C29H25FN6O3/c1-2-8-25-23(27(37)35(20-9-4-3-5-10-20)28-31-17-32-36(25)28)15-19-14-13-18(16-24(19)30)21-11-6-7-12-22(21)26-33-29(38)39-34-26/h3-7,9-14,16-17,29,38H,2,8,15H2,1H3,(H,33,34). The molecule has 0 aliphatic carbocycles. The second kappa shape index (κ2) is 10.1. The highest BCUT2D eigenvalue weighted by atomic mass is 19.1. The van der Waals surface area contributed by atoms with Crippen LogP contribution in [0.1, 0.15) is 35.7 Å². The van der Waals surface area contributed by atoms with Crippen molar-refractivity contribution in [1.82, 2.24) is 24.5 Å². The van der Waals surface area contributed by atoms with E-state index < -0.39 is 12.2 Å². The van der Waals surface area contributed by atoms with E-state index in [-0.39, 0.29) is 12.0 Å². The van der Waals surface area contributed by atoms with E-state index in [4.69, 9.17) is 4.84 Å². The third-order valence-corrected chi connectivity index (χ3v) is 6.71. The first-order valence-electron chi connectivity index (χ1n) is 12.6. The van der Waals surface area contributed by atoms with Crippen LogP contribution >= 0.6 is 0 Å². The van der Waals surface area contributed by atoms with Crippen molar-refractivity contribution in [3.05, 3.63) is 118 Å². The van der Waals surface area contributed by atoms with Crippen molar-refractivity contribution in [2.45, 2.75) is 32.6 Å². The number of hydrogen-bond acceptors (Lipinski definition) is 7. The van der Waals surface area contributed by atoms with Gasteiger partial charge in [-0.15, -0.1) is 0 Å². The van der Waals surface area contributed by atoms with Gasteiger partial charge in [-0.1, -0.05) is 73.1 Å². The Morgan fingerprint density at radius 1 is 1.05 bits per heavy atom. The lowest BCUT2D eigenvalue weighted by Crippen LogP contribution is -2.29. The van der Waals surface area contributed by atoms with Crippen molar-refractivity contribution >= 4 is 11.6 Å². The molecule has 5 aromatic rings. The fourth-order valence-corrected chi connectivity index (χ4v) is 4.93. The van der Waals surface area contributed by atoms with Crippen LogP contribution in [-0.2, 0) is 17.7 Å². The number of para-hydroxylation sites is 1. The third kappa shape index (κ3) is 4.44. The van der Waals surface area contributed by atoms with E-state index in [1.54, 1.807) is 10.6 Å². The number of nitrogens with one attached hydrogen (secondary N) is 1. The first-order chi connectivity index (χ1) is 19.0. The number of halogens is 1. The molecule has 0 bridgehead atoms. The van der Waals surface area contributed by atoms with Gasteiger partial charge in [-0.25, -0.2) is 13.5 Å². The highest BCUT2D eigenvalue weighted by Gasteiger charge is 2.23. The number of aryl methyl sites for hydroxylation is 1. The molecule has 6 rings (SSSR count). The predicted molar refractivity (Wildman–Crippen MR) is 144 cm³/mol. The fourth-order valence-electron chi connectivity index (χ4n) is 4.93. The molecule has 9 nitrogen and oxygen atoms in total. The molecule has 1 atom stereocenters. The molecular formula is C29H25FN6O3. The van der Waals surface area contributed by atoms with E-state index in [0.29, 0.717) is 51.5 Å². The lowest BCUT2D eigenvalue weighted by molar-refractivity contribution is -0.0896. The fraction of sp³-hybridized carbons (Fsp3) is 0.172. The minimum atomic E-state index is -1.23. The zero-order valence-electron chi connectivity index (χ0n) is 21.1. The van der Waals surface area contributed by atoms with Crippen molar-refractivity contribution in [1.29, 1.82) is 0 Å². The topological polar surface area (TPSA) is 106 Å². The number of hydrogen-bond donors (Lipinski definition) is 2. The molecule has 2 N–H and O–H groups in total. The van der Waals surface area contributed by atoms with Gasteiger partial charge in [-0.2, -0.15) is 10.1 Å². The second-order valence-corrected chi connectivity index (χ2v) is 9.19. The number of benzene rings is 3. The summed E-state index contributed by atoms with van der Waals surface area (Å²) < 4.78 is 18.9. The van der Waals surface area contributed by atoms with Crippen molar-refractivity contribution < 1.29 is 14.3 Å². The Hall–Kier alpha value is -4.83. The first kappa shape index (κ1) is 24.5. The Morgan fingerprint density at radius 3 is 2.54 bits per heavy atom.